The summed E-state index contributed by atoms with van der Waals surface area (Å²) < 4.78 is 1.85. The van der Waals surface area contributed by atoms with E-state index in [0.29, 0.717) is 32.5 Å². The maximum atomic E-state index is 13.1. The highest BCUT2D eigenvalue weighted by Crippen LogP contribution is 2.38. The number of aromatic nitrogens is 1. The number of hydrogen-bond acceptors (Lipinski definition) is 3. The summed E-state index contributed by atoms with van der Waals surface area (Å²) in [6, 6.07) is 5.36. The van der Waals surface area contributed by atoms with E-state index in [1.807, 2.05) is 15.5 Å². The van der Waals surface area contributed by atoms with E-state index in [1.54, 1.807) is 12.1 Å². The van der Waals surface area contributed by atoms with Crippen LogP contribution in [0.5, 0.6) is 0 Å². The van der Waals surface area contributed by atoms with Crippen LogP contribution >= 0.6 is 0 Å². The largest absolute Gasteiger partial charge is 0.481 e. The molecule has 3 heterocycles. The monoisotopic (exact) mass is 344 g/mol. The molecule has 1 aliphatic carbocycles. The first-order chi connectivity index (χ1) is 12.0. The lowest BCUT2D eigenvalue weighted by atomic mass is 9.77. The number of rotatable bonds is 2. The minimum Gasteiger partial charge on any atom is -0.481 e. The van der Waals surface area contributed by atoms with Gasteiger partial charge in [-0.2, -0.15) is 0 Å². The molecule has 1 N–H and O–H groups in total. The maximum Gasteiger partial charge on any atom is 0.307 e. The zero-order valence-electron chi connectivity index (χ0n) is 14.3. The van der Waals surface area contributed by atoms with Crippen LogP contribution < -0.4 is 5.56 Å². The van der Waals surface area contributed by atoms with Gasteiger partial charge in [-0.3, -0.25) is 14.4 Å². The summed E-state index contributed by atoms with van der Waals surface area (Å²) in [4.78, 5) is 38.6. The molecule has 25 heavy (non-hydrogen) atoms. The molecule has 4 atom stereocenters. The topological polar surface area (TPSA) is 79.6 Å². The molecule has 2 aliphatic heterocycles. The van der Waals surface area contributed by atoms with E-state index in [4.69, 9.17) is 0 Å². The Morgan fingerprint density at radius 2 is 1.80 bits per heavy atom. The number of carboxylic acids is 1. The van der Waals surface area contributed by atoms with Gasteiger partial charge in [0.25, 0.3) is 5.56 Å². The van der Waals surface area contributed by atoms with E-state index in [1.165, 1.54) is 0 Å². The fourth-order valence-electron chi connectivity index (χ4n) is 5.03. The van der Waals surface area contributed by atoms with Crippen molar-refractivity contribution in [3.63, 3.8) is 0 Å². The minimum absolute atomic E-state index is 0.00790. The number of nitrogens with zero attached hydrogens (tertiary/aromatic N) is 2. The van der Waals surface area contributed by atoms with Crippen molar-refractivity contribution in [1.29, 1.82) is 0 Å². The van der Waals surface area contributed by atoms with E-state index in [0.717, 1.165) is 25.0 Å². The molecule has 2 bridgehead atoms. The van der Waals surface area contributed by atoms with Crippen LogP contribution in [0.1, 0.15) is 43.7 Å². The third-order valence-electron chi connectivity index (χ3n) is 6.19. The number of fused-ring (bicyclic) bond motifs is 4. The molecule has 0 radical (unpaired) electrons. The molecule has 1 saturated heterocycles. The fourth-order valence-corrected chi connectivity index (χ4v) is 5.03. The normalized spacial score (nSPS) is 31.3. The first-order valence-electron chi connectivity index (χ1n) is 9.26. The highest BCUT2D eigenvalue weighted by Gasteiger charge is 2.42. The van der Waals surface area contributed by atoms with Gasteiger partial charge in [-0.1, -0.05) is 18.9 Å². The average Bonchev–Trinajstić information content (AvgIpc) is 2.62. The summed E-state index contributed by atoms with van der Waals surface area (Å²) in [5.74, 6) is -1.30. The predicted molar refractivity (Wildman–Crippen MR) is 91.2 cm³/mol. The zero-order valence-corrected chi connectivity index (χ0v) is 14.3. The molecule has 0 aromatic carbocycles. The Labute approximate surface area is 146 Å². The molecule has 6 nitrogen and oxygen atoms in total. The third kappa shape index (κ3) is 2.87. The van der Waals surface area contributed by atoms with Crippen molar-refractivity contribution in [3.8, 4) is 0 Å². The predicted octanol–water partition coefficient (Wildman–Crippen LogP) is 1.69. The van der Waals surface area contributed by atoms with Crippen molar-refractivity contribution in [3.05, 3.63) is 34.2 Å². The molecule has 0 spiro atoms. The molecule has 134 valence electrons. The Balaban J connectivity index is 1.56. The molecule has 1 aromatic rings. The van der Waals surface area contributed by atoms with Crippen LogP contribution in [-0.4, -0.2) is 39.5 Å². The van der Waals surface area contributed by atoms with E-state index in [2.05, 4.69) is 0 Å². The number of pyridine rings is 1. The summed E-state index contributed by atoms with van der Waals surface area (Å²) in [7, 11) is 0. The van der Waals surface area contributed by atoms with E-state index in [-0.39, 0.29) is 29.2 Å². The molecule has 0 unspecified atom stereocenters. The second-order valence-electron chi connectivity index (χ2n) is 7.78. The zero-order chi connectivity index (χ0) is 17.6. The Morgan fingerprint density at radius 1 is 1.04 bits per heavy atom. The molecule has 4 rings (SSSR count). The van der Waals surface area contributed by atoms with Gasteiger partial charge in [0.1, 0.15) is 0 Å². The van der Waals surface area contributed by atoms with Crippen LogP contribution in [0.4, 0.5) is 0 Å². The molecule has 3 aliphatic rings. The maximum absolute atomic E-state index is 13.1. The van der Waals surface area contributed by atoms with E-state index >= 15 is 0 Å². The van der Waals surface area contributed by atoms with Gasteiger partial charge in [0.05, 0.1) is 11.8 Å². The first kappa shape index (κ1) is 16.4. The quantitative estimate of drug-likeness (QED) is 0.885. The Kier molecular flexibility index (Phi) is 4.13. The van der Waals surface area contributed by atoms with Crippen molar-refractivity contribution in [1.82, 2.24) is 9.47 Å². The summed E-state index contributed by atoms with van der Waals surface area (Å²) in [5, 5.41) is 9.47. The standard InChI is InChI=1S/C19H24N2O4/c22-17-7-3-6-16-13-8-12(10-21(16)17)9-20(11-13)18(23)14-4-1-2-5-15(14)19(24)25/h3,6-7,12-15H,1-2,4-5,8-11H2,(H,24,25)/t12-,13+,14+,15+/m1/s1. The van der Waals surface area contributed by atoms with Gasteiger partial charge in [0.2, 0.25) is 5.91 Å². The highest BCUT2D eigenvalue weighted by atomic mass is 16.4. The smallest absolute Gasteiger partial charge is 0.307 e. The number of hydrogen-bond donors (Lipinski definition) is 1. The summed E-state index contributed by atoms with van der Waals surface area (Å²) >= 11 is 0. The lowest BCUT2D eigenvalue weighted by molar-refractivity contribution is -0.153. The molecular formula is C19H24N2O4. The fraction of sp³-hybridized carbons (Fsp3) is 0.632. The van der Waals surface area contributed by atoms with Crippen LogP contribution in [0.2, 0.25) is 0 Å². The summed E-state index contributed by atoms with van der Waals surface area (Å²) in [6.07, 6.45) is 4.10. The lowest BCUT2D eigenvalue weighted by Gasteiger charge is -2.44. The van der Waals surface area contributed by atoms with E-state index < -0.39 is 11.9 Å². The Hall–Kier alpha value is -2.11. The number of carboxylic acid groups (broad SMARTS) is 1. The van der Waals surface area contributed by atoms with Crippen molar-refractivity contribution in [2.24, 2.45) is 17.8 Å². The van der Waals surface area contributed by atoms with Gasteiger partial charge < -0.3 is 14.6 Å². The molecule has 2 fully saturated rings. The summed E-state index contributed by atoms with van der Waals surface area (Å²) in [5.41, 5.74) is 1.05. The molecule has 1 aromatic heterocycles. The molecule has 6 heteroatoms. The number of carbonyl (C=O) groups is 2. The number of carbonyl (C=O) groups excluding carboxylic acids is 1. The SMILES string of the molecule is O=C(O)[C@H]1CCCC[C@@H]1C(=O)N1C[C@H]2C[C@@H](C1)c1cccc(=O)n1C2. The second-order valence-corrected chi connectivity index (χ2v) is 7.78. The molecule has 1 amide bonds. The van der Waals surface area contributed by atoms with E-state index in [9.17, 15) is 19.5 Å². The molecular weight excluding hydrogens is 320 g/mol. The van der Waals surface area contributed by atoms with Gasteiger partial charge in [-0.05, 0) is 31.2 Å². The van der Waals surface area contributed by atoms with Gasteiger partial charge in [-0.15, -0.1) is 0 Å². The van der Waals surface area contributed by atoms with Crippen molar-refractivity contribution < 1.29 is 14.7 Å². The number of aliphatic carboxylic acids is 1. The second kappa shape index (κ2) is 6.32. The van der Waals surface area contributed by atoms with Crippen LogP contribution in [0.25, 0.3) is 0 Å². The molecule has 1 saturated carbocycles. The number of likely N-dealkylation sites (tertiary alicyclic amines) is 1. The van der Waals surface area contributed by atoms with Gasteiger partial charge in [0, 0.05) is 37.3 Å². The van der Waals surface area contributed by atoms with Gasteiger partial charge >= 0.3 is 5.97 Å². The van der Waals surface area contributed by atoms with Crippen LogP contribution in [-0.2, 0) is 16.1 Å². The van der Waals surface area contributed by atoms with Crippen LogP contribution in [0.3, 0.4) is 0 Å². The Bertz CT molecular complexity index is 756. The third-order valence-corrected chi connectivity index (χ3v) is 6.19. The number of piperidine rings is 1. The highest BCUT2D eigenvalue weighted by molar-refractivity contribution is 5.85. The van der Waals surface area contributed by atoms with Crippen LogP contribution in [0.15, 0.2) is 23.0 Å². The summed E-state index contributed by atoms with van der Waals surface area (Å²) in [6.45, 7) is 1.89. The first-order valence-corrected chi connectivity index (χ1v) is 9.26. The Morgan fingerprint density at radius 3 is 2.56 bits per heavy atom. The van der Waals surface area contributed by atoms with Crippen molar-refractivity contribution in [2.75, 3.05) is 13.1 Å². The van der Waals surface area contributed by atoms with Gasteiger partial charge in [-0.25, -0.2) is 0 Å². The minimum atomic E-state index is -0.841. The van der Waals surface area contributed by atoms with Gasteiger partial charge in [0.15, 0.2) is 0 Å². The number of amides is 1. The van der Waals surface area contributed by atoms with Crippen molar-refractivity contribution in [2.45, 2.75) is 44.6 Å². The van der Waals surface area contributed by atoms with Crippen molar-refractivity contribution >= 4 is 11.9 Å². The van der Waals surface area contributed by atoms with Crippen LogP contribution in [0, 0.1) is 17.8 Å². The average molecular weight is 344 g/mol. The lowest BCUT2D eigenvalue weighted by Crippen LogP contribution is -2.52.